The number of amides is 1. The summed E-state index contributed by atoms with van der Waals surface area (Å²) in [6.07, 6.45) is 6.95. The van der Waals surface area contributed by atoms with Gasteiger partial charge < -0.3 is 15.4 Å². The van der Waals surface area contributed by atoms with Gasteiger partial charge >= 0.3 is 0 Å². The van der Waals surface area contributed by atoms with E-state index < -0.39 is 0 Å². The Kier molecular flexibility index (Phi) is 5.22. The molecule has 3 fully saturated rings. The average Bonchev–Trinajstić information content (AvgIpc) is 3.31. The van der Waals surface area contributed by atoms with E-state index in [0.29, 0.717) is 12.0 Å². The van der Waals surface area contributed by atoms with Crippen molar-refractivity contribution < 1.29 is 9.53 Å². The fourth-order valence-corrected chi connectivity index (χ4v) is 4.05. The van der Waals surface area contributed by atoms with Crippen molar-refractivity contribution in [3.8, 4) is 0 Å². The Morgan fingerprint density at radius 3 is 2.28 bits per heavy atom. The molecule has 0 spiro atoms. The summed E-state index contributed by atoms with van der Waals surface area (Å²) in [5.41, 5.74) is 2.01. The molecule has 1 aromatic rings. The van der Waals surface area contributed by atoms with Gasteiger partial charge in [0.2, 0.25) is 5.91 Å². The zero-order chi connectivity index (χ0) is 17.1. The van der Waals surface area contributed by atoms with E-state index in [-0.39, 0.29) is 11.9 Å². The van der Waals surface area contributed by atoms with Crippen LogP contribution < -0.4 is 10.6 Å². The lowest BCUT2D eigenvalue weighted by molar-refractivity contribution is -0.121. The zero-order valence-corrected chi connectivity index (χ0v) is 14.9. The normalized spacial score (nSPS) is 23.4. The van der Waals surface area contributed by atoms with Crippen LogP contribution in [0.1, 0.15) is 38.5 Å². The van der Waals surface area contributed by atoms with Gasteiger partial charge in [0.1, 0.15) is 0 Å². The number of benzene rings is 1. The molecule has 136 valence electrons. The zero-order valence-electron chi connectivity index (χ0n) is 14.9. The van der Waals surface area contributed by atoms with Crippen molar-refractivity contribution in [2.45, 2.75) is 50.6 Å². The van der Waals surface area contributed by atoms with Gasteiger partial charge in [-0.25, -0.2) is 0 Å². The molecular weight excluding hydrogens is 314 g/mol. The van der Waals surface area contributed by atoms with Crippen molar-refractivity contribution in [3.05, 3.63) is 24.3 Å². The third kappa shape index (κ3) is 4.33. The minimum absolute atomic E-state index is 0.0718. The summed E-state index contributed by atoms with van der Waals surface area (Å²) in [6, 6.07) is 8.70. The fourth-order valence-electron chi connectivity index (χ4n) is 4.05. The number of hydrogen-bond donors (Lipinski definition) is 2. The van der Waals surface area contributed by atoms with Crippen LogP contribution in [0.15, 0.2) is 24.3 Å². The van der Waals surface area contributed by atoms with Crippen LogP contribution in [-0.2, 0) is 9.53 Å². The van der Waals surface area contributed by atoms with E-state index >= 15 is 0 Å². The number of carbonyl (C=O) groups excluding carboxylic acids is 1. The van der Waals surface area contributed by atoms with Crippen LogP contribution >= 0.6 is 0 Å². The molecule has 2 N–H and O–H groups in total. The summed E-state index contributed by atoms with van der Waals surface area (Å²) >= 11 is 0. The van der Waals surface area contributed by atoms with Crippen LogP contribution in [0.2, 0.25) is 0 Å². The highest BCUT2D eigenvalue weighted by Crippen LogP contribution is 2.37. The summed E-state index contributed by atoms with van der Waals surface area (Å²) in [5, 5.41) is 6.70. The maximum Gasteiger partial charge on any atom is 0.242 e. The van der Waals surface area contributed by atoms with Gasteiger partial charge in [0.05, 0.1) is 6.04 Å². The van der Waals surface area contributed by atoms with Crippen LogP contribution in [0.4, 0.5) is 11.4 Å². The molecular formula is C20H29N3O2. The molecule has 5 heteroatoms. The standard InChI is InChI=1S/C20H29N3O2/c24-20(19(15-3-4-15)23-11-1-2-12-23)22-17-7-5-16(6-8-17)21-18-9-13-25-14-10-18/h5-8,15,18-19,21H,1-4,9-14H2,(H,22,24)/t19-/m1/s1. The lowest BCUT2D eigenvalue weighted by Gasteiger charge is -2.26. The number of likely N-dealkylation sites (tertiary alicyclic amines) is 1. The summed E-state index contributed by atoms with van der Waals surface area (Å²) in [6.45, 7) is 3.82. The second kappa shape index (κ2) is 7.75. The maximum absolute atomic E-state index is 12.8. The summed E-state index contributed by atoms with van der Waals surface area (Å²) in [4.78, 5) is 15.2. The van der Waals surface area contributed by atoms with Crippen molar-refractivity contribution in [2.24, 2.45) is 5.92 Å². The first-order valence-electron chi connectivity index (χ1n) is 9.79. The Morgan fingerprint density at radius 1 is 1.00 bits per heavy atom. The van der Waals surface area contributed by atoms with E-state index in [1.165, 1.54) is 25.7 Å². The largest absolute Gasteiger partial charge is 0.382 e. The lowest BCUT2D eigenvalue weighted by Crippen LogP contribution is -2.44. The van der Waals surface area contributed by atoms with Gasteiger partial charge in [0.25, 0.3) is 0 Å². The highest BCUT2D eigenvalue weighted by Gasteiger charge is 2.40. The Bertz CT molecular complexity index is 573. The molecule has 3 aliphatic rings. The number of anilines is 2. The molecule has 1 aromatic carbocycles. The van der Waals surface area contributed by atoms with E-state index in [1.54, 1.807) is 0 Å². The third-order valence-corrected chi connectivity index (χ3v) is 5.62. The van der Waals surface area contributed by atoms with Crippen LogP contribution in [0.3, 0.4) is 0 Å². The van der Waals surface area contributed by atoms with Gasteiger partial charge in [-0.05, 0) is 81.8 Å². The number of ether oxygens (including phenoxy) is 1. The molecule has 1 aliphatic carbocycles. The molecule has 1 atom stereocenters. The molecule has 0 radical (unpaired) electrons. The first kappa shape index (κ1) is 16.9. The van der Waals surface area contributed by atoms with Crippen molar-refractivity contribution in [1.29, 1.82) is 0 Å². The van der Waals surface area contributed by atoms with Crippen molar-refractivity contribution >= 4 is 17.3 Å². The quantitative estimate of drug-likeness (QED) is 0.833. The van der Waals surface area contributed by atoms with Gasteiger partial charge in [-0.1, -0.05) is 0 Å². The maximum atomic E-state index is 12.8. The number of nitrogens with zero attached hydrogens (tertiary/aromatic N) is 1. The molecule has 0 bridgehead atoms. The molecule has 0 unspecified atom stereocenters. The second-order valence-electron chi connectivity index (χ2n) is 7.62. The van der Waals surface area contributed by atoms with Crippen molar-refractivity contribution in [3.63, 3.8) is 0 Å². The topological polar surface area (TPSA) is 53.6 Å². The van der Waals surface area contributed by atoms with E-state index in [4.69, 9.17) is 4.74 Å². The molecule has 4 rings (SSSR count). The molecule has 1 amide bonds. The first-order chi connectivity index (χ1) is 12.3. The van der Waals surface area contributed by atoms with Gasteiger partial charge in [-0.15, -0.1) is 0 Å². The number of rotatable bonds is 6. The van der Waals surface area contributed by atoms with Crippen LogP contribution in [0, 0.1) is 5.92 Å². The van der Waals surface area contributed by atoms with Crippen molar-refractivity contribution in [1.82, 2.24) is 4.90 Å². The van der Waals surface area contributed by atoms with Gasteiger partial charge in [-0.2, -0.15) is 0 Å². The number of carbonyl (C=O) groups is 1. The molecule has 2 heterocycles. The van der Waals surface area contributed by atoms with Gasteiger partial charge in [0, 0.05) is 30.6 Å². The monoisotopic (exact) mass is 343 g/mol. The second-order valence-corrected chi connectivity index (χ2v) is 7.62. The van der Waals surface area contributed by atoms with E-state index in [9.17, 15) is 4.79 Å². The van der Waals surface area contributed by atoms with Crippen LogP contribution in [0.25, 0.3) is 0 Å². The Hall–Kier alpha value is -1.59. The van der Waals surface area contributed by atoms with Crippen molar-refractivity contribution in [2.75, 3.05) is 36.9 Å². The molecule has 5 nitrogen and oxygen atoms in total. The van der Waals surface area contributed by atoms with E-state index in [2.05, 4.69) is 27.7 Å². The molecule has 25 heavy (non-hydrogen) atoms. The molecule has 0 aromatic heterocycles. The van der Waals surface area contributed by atoms with E-state index in [1.807, 2.05) is 12.1 Å². The van der Waals surface area contributed by atoms with E-state index in [0.717, 1.165) is 50.5 Å². The third-order valence-electron chi connectivity index (χ3n) is 5.62. The predicted octanol–water partition coefficient (Wildman–Crippen LogP) is 3.09. The fraction of sp³-hybridized carbons (Fsp3) is 0.650. The Labute approximate surface area is 150 Å². The van der Waals surface area contributed by atoms with Crippen LogP contribution in [0.5, 0.6) is 0 Å². The van der Waals surface area contributed by atoms with Gasteiger partial charge in [0.15, 0.2) is 0 Å². The Morgan fingerprint density at radius 2 is 1.64 bits per heavy atom. The summed E-state index contributed by atoms with van der Waals surface area (Å²) in [5.74, 6) is 0.738. The SMILES string of the molecule is O=C(Nc1ccc(NC2CCOCC2)cc1)[C@@H](C1CC1)N1CCCC1. The molecule has 2 saturated heterocycles. The minimum Gasteiger partial charge on any atom is -0.382 e. The molecule has 1 saturated carbocycles. The average molecular weight is 343 g/mol. The Balaban J connectivity index is 1.34. The minimum atomic E-state index is 0.0718. The summed E-state index contributed by atoms with van der Waals surface area (Å²) < 4.78 is 5.40. The lowest BCUT2D eigenvalue weighted by atomic mass is 10.1. The number of nitrogens with one attached hydrogen (secondary N) is 2. The highest BCUT2D eigenvalue weighted by atomic mass is 16.5. The number of hydrogen-bond acceptors (Lipinski definition) is 4. The van der Waals surface area contributed by atoms with Crippen LogP contribution in [-0.4, -0.2) is 49.2 Å². The smallest absolute Gasteiger partial charge is 0.242 e. The predicted molar refractivity (Wildman–Crippen MR) is 99.9 cm³/mol. The summed E-state index contributed by atoms with van der Waals surface area (Å²) in [7, 11) is 0. The van der Waals surface area contributed by atoms with Gasteiger partial charge in [-0.3, -0.25) is 9.69 Å². The molecule has 2 aliphatic heterocycles. The highest BCUT2D eigenvalue weighted by molar-refractivity contribution is 5.95. The first-order valence-corrected chi connectivity index (χ1v) is 9.79.